The Balaban J connectivity index is 3.56. The van der Waals surface area contributed by atoms with Crippen LogP contribution in [0.15, 0.2) is 0 Å². The van der Waals surface area contributed by atoms with E-state index in [0.717, 1.165) is 22.4 Å². The predicted molar refractivity (Wildman–Crippen MR) is 54.8 cm³/mol. The van der Waals surface area contributed by atoms with Crippen LogP contribution in [0.3, 0.4) is 0 Å². The number of methoxy groups -OCH3 is 1. The summed E-state index contributed by atoms with van der Waals surface area (Å²) >= 11 is 0. The summed E-state index contributed by atoms with van der Waals surface area (Å²) in [5, 5.41) is 18.9. The van der Waals surface area contributed by atoms with Crippen molar-refractivity contribution >= 4 is 0 Å². The molecule has 0 atom stereocenters. The van der Waals surface area contributed by atoms with E-state index >= 15 is 0 Å². The highest BCUT2D eigenvalue weighted by Gasteiger charge is 2.16. The third-order valence-corrected chi connectivity index (χ3v) is 2.70. The van der Waals surface area contributed by atoms with Gasteiger partial charge in [-0.2, -0.15) is 0 Å². The highest BCUT2D eigenvalue weighted by Crippen LogP contribution is 2.36. The lowest BCUT2D eigenvalue weighted by Crippen LogP contribution is -2.00. The summed E-state index contributed by atoms with van der Waals surface area (Å²) in [6.07, 6.45) is 0. The average Bonchev–Trinajstić information content (AvgIpc) is 2.16. The van der Waals surface area contributed by atoms with Gasteiger partial charge in [-0.25, -0.2) is 0 Å². The van der Waals surface area contributed by atoms with Gasteiger partial charge in [-0.05, 0) is 31.9 Å². The third kappa shape index (κ3) is 1.44. The highest BCUT2D eigenvalue weighted by molar-refractivity contribution is 5.57. The fourth-order valence-electron chi connectivity index (χ4n) is 1.67. The summed E-state index contributed by atoms with van der Waals surface area (Å²) < 4.78 is 5.23. The molecular weight excluding hydrogens is 180 g/mol. The standard InChI is InChI=1S/C11H16O3/c1-6-7(2)11(14-4)8(3)9(5-12)10(6)13/h12-13H,5H2,1-4H3. The minimum absolute atomic E-state index is 0.170. The van der Waals surface area contributed by atoms with E-state index in [2.05, 4.69) is 0 Å². The number of hydrogen-bond donors (Lipinski definition) is 2. The number of aliphatic hydroxyl groups is 1. The molecular formula is C11H16O3. The van der Waals surface area contributed by atoms with Crippen molar-refractivity contribution in [2.45, 2.75) is 27.4 Å². The normalized spacial score (nSPS) is 10.4. The lowest BCUT2D eigenvalue weighted by molar-refractivity contribution is 0.273. The molecule has 0 aliphatic rings. The summed E-state index contributed by atoms with van der Waals surface area (Å²) in [7, 11) is 1.59. The smallest absolute Gasteiger partial charge is 0.125 e. The highest BCUT2D eigenvalue weighted by atomic mass is 16.5. The SMILES string of the molecule is COc1c(C)c(C)c(O)c(CO)c1C. The topological polar surface area (TPSA) is 49.7 Å². The van der Waals surface area contributed by atoms with Gasteiger partial charge in [0, 0.05) is 11.1 Å². The summed E-state index contributed by atoms with van der Waals surface area (Å²) in [6, 6.07) is 0. The van der Waals surface area contributed by atoms with Gasteiger partial charge in [-0.3, -0.25) is 0 Å². The zero-order valence-corrected chi connectivity index (χ0v) is 9.01. The minimum atomic E-state index is -0.171. The molecule has 1 aromatic carbocycles. The van der Waals surface area contributed by atoms with Crippen LogP contribution in [0.5, 0.6) is 11.5 Å². The van der Waals surface area contributed by atoms with Gasteiger partial charge >= 0.3 is 0 Å². The molecule has 0 spiro atoms. The maximum Gasteiger partial charge on any atom is 0.125 e. The van der Waals surface area contributed by atoms with E-state index in [0.29, 0.717) is 5.56 Å². The van der Waals surface area contributed by atoms with E-state index in [1.165, 1.54) is 0 Å². The van der Waals surface area contributed by atoms with Crippen LogP contribution in [0.25, 0.3) is 0 Å². The molecule has 0 saturated heterocycles. The average molecular weight is 196 g/mol. The van der Waals surface area contributed by atoms with Crippen LogP contribution in [-0.4, -0.2) is 17.3 Å². The van der Waals surface area contributed by atoms with Gasteiger partial charge in [-0.1, -0.05) is 0 Å². The second-order valence-corrected chi connectivity index (χ2v) is 3.39. The molecule has 0 bridgehead atoms. The lowest BCUT2D eigenvalue weighted by atomic mass is 9.98. The van der Waals surface area contributed by atoms with Gasteiger partial charge in [0.05, 0.1) is 13.7 Å². The van der Waals surface area contributed by atoms with Crippen molar-refractivity contribution in [3.05, 3.63) is 22.3 Å². The van der Waals surface area contributed by atoms with Gasteiger partial charge in [-0.15, -0.1) is 0 Å². The number of hydrogen-bond acceptors (Lipinski definition) is 3. The van der Waals surface area contributed by atoms with Gasteiger partial charge in [0.1, 0.15) is 11.5 Å². The van der Waals surface area contributed by atoms with Crippen LogP contribution < -0.4 is 4.74 Å². The molecule has 0 aromatic heterocycles. The van der Waals surface area contributed by atoms with Gasteiger partial charge in [0.2, 0.25) is 0 Å². The fraction of sp³-hybridized carbons (Fsp3) is 0.455. The Morgan fingerprint density at radius 2 is 1.64 bits per heavy atom. The number of phenols is 1. The van der Waals surface area contributed by atoms with Crippen LogP contribution in [0, 0.1) is 20.8 Å². The Morgan fingerprint density at radius 1 is 1.07 bits per heavy atom. The Bertz CT molecular complexity index is 325. The Hall–Kier alpha value is -1.22. The van der Waals surface area contributed by atoms with Crippen molar-refractivity contribution in [3.63, 3.8) is 0 Å². The van der Waals surface area contributed by atoms with Crippen LogP contribution in [0.1, 0.15) is 22.3 Å². The maximum atomic E-state index is 9.76. The zero-order chi connectivity index (χ0) is 10.9. The van der Waals surface area contributed by atoms with Gasteiger partial charge in [0.15, 0.2) is 0 Å². The fourth-order valence-corrected chi connectivity index (χ4v) is 1.67. The maximum absolute atomic E-state index is 9.76. The quantitative estimate of drug-likeness (QED) is 0.758. The first-order chi connectivity index (χ1) is 6.54. The molecule has 0 unspecified atom stereocenters. The molecule has 0 amide bonds. The molecule has 0 radical (unpaired) electrons. The molecule has 3 nitrogen and oxygen atoms in total. The van der Waals surface area contributed by atoms with Crippen molar-refractivity contribution in [2.75, 3.05) is 7.11 Å². The Labute approximate surface area is 84.0 Å². The molecule has 78 valence electrons. The number of aliphatic hydroxyl groups excluding tert-OH is 1. The van der Waals surface area contributed by atoms with Crippen LogP contribution in [0.2, 0.25) is 0 Å². The van der Waals surface area contributed by atoms with Crippen LogP contribution >= 0.6 is 0 Å². The second-order valence-electron chi connectivity index (χ2n) is 3.39. The monoisotopic (exact) mass is 196 g/mol. The first kappa shape index (κ1) is 10.9. The second kappa shape index (κ2) is 3.88. The molecule has 1 rings (SSSR count). The zero-order valence-electron chi connectivity index (χ0n) is 9.01. The molecule has 14 heavy (non-hydrogen) atoms. The number of benzene rings is 1. The molecule has 0 saturated carbocycles. The molecule has 2 N–H and O–H groups in total. The molecule has 1 aromatic rings. The van der Waals surface area contributed by atoms with Crippen molar-refractivity contribution in [1.82, 2.24) is 0 Å². The Kier molecular flexibility index (Phi) is 3.01. The van der Waals surface area contributed by atoms with Crippen LogP contribution in [-0.2, 0) is 6.61 Å². The van der Waals surface area contributed by atoms with Crippen molar-refractivity contribution in [3.8, 4) is 11.5 Å². The molecule has 3 heteroatoms. The summed E-state index contributed by atoms with van der Waals surface area (Å²) in [4.78, 5) is 0. The number of aromatic hydroxyl groups is 1. The van der Waals surface area contributed by atoms with E-state index < -0.39 is 0 Å². The molecule has 0 aliphatic carbocycles. The van der Waals surface area contributed by atoms with Crippen LogP contribution in [0.4, 0.5) is 0 Å². The van der Waals surface area contributed by atoms with E-state index in [1.807, 2.05) is 20.8 Å². The largest absolute Gasteiger partial charge is 0.507 e. The first-order valence-corrected chi connectivity index (χ1v) is 4.51. The van der Waals surface area contributed by atoms with E-state index in [-0.39, 0.29) is 12.4 Å². The van der Waals surface area contributed by atoms with Crippen molar-refractivity contribution in [2.24, 2.45) is 0 Å². The number of rotatable bonds is 2. The molecule has 0 heterocycles. The summed E-state index contributed by atoms with van der Waals surface area (Å²) in [5.74, 6) is 0.910. The molecule has 0 fully saturated rings. The predicted octanol–water partition coefficient (Wildman–Crippen LogP) is 1.82. The van der Waals surface area contributed by atoms with E-state index in [1.54, 1.807) is 7.11 Å². The first-order valence-electron chi connectivity index (χ1n) is 4.51. The molecule has 0 aliphatic heterocycles. The van der Waals surface area contributed by atoms with E-state index in [4.69, 9.17) is 9.84 Å². The van der Waals surface area contributed by atoms with Gasteiger partial charge < -0.3 is 14.9 Å². The Morgan fingerprint density at radius 3 is 2.07 bits per heavy atom. The van der Waals surface area contributed by atoms with Gasteiger partial charge in [0.25, 0.3) is 0 Å². The van der Waals surface area contributed by atoms with E-state index in [9.17, 15) is 5.11 Å². The third-order valence-electron chi connectivity index (χ3n) is 2.70. The summed E-state index contributed by atoms with van der Waals surface area (Å²) in [6.45, 7) is 5.36. The van der Waals surface area contributed by atoms with Crippen molar-refractivity contribution < 1.29 is 14.9 Å². The summed E-state index contributed by atoms with van der Waals surface area (Å²) in [5.41, 5.74) is 3.02. The lowest BCUT2D eigenvalue weighted by Gasteiger charge is -2.16. The minimum Gasteiger partial charge on any atom is -0.507 e. The number of ether oxygens (including phenoxy) is 1. The van der Waals surface area contributed by atoms with Crippen molar-refractivity contribution in [1.29, 1.82) is 0 Å².